The van der Waals surface area contributed by atoms with Crippen molar-refractivity contribution in [2.45, 2.75) is 38.5 Å². The molecule has 0 unspecified atom stereocenters. The van der Waals surface area contributed by atoms with E-state index in [2.05, 4.69) is 15.3 Å². The normalized spacial score (nSPS) is 12.6. The third kappa shape index (κ3) is 8.16. The number of nitrogens with one attached hydrogen (secondary N) is 3. The molecule has 62 heavy (non-hydrogen) atoms. The van der Waals surface area contributed by atoms with E-state index in [1.165, 1.54) is 0 Å². The van der Waals surface area contributed by atoms with E-state index in [9.17, 15) is 24.9 Å². The van der Waals surface area contributed by atoms with Gasteiger partial charge < -0.3 is 35.7 Å². The van der Waals surface area contributed by atoms with Gasteiger partial charge in [-0.15, -0.1) is 0 Å². The van der Waals surface area contributed by atoms with Crippen LogP contribution < -0.4 is 5.32 Å². The van der Waals surface area contributed by atoms with E-state index in [0.29, 0.717) is 29.8 Å². The number of carboxylic acid groups (broad SMARTS) is 1. The summed E-state index contributed by atoms with van der Waals surface area (Å²) in [5.74, 6) is -1.01. The van der Waals surface area contributed by atoms with Gasteiger partial charge >= 0.3 is 5.97 Å². The van der Waals surface area contributed by atoms with Gasteiger partial charge in [0.05, 0.1) is 29.2 Å². The molecule has 1 amide bonds. The average molecular weight is 822 g/mol. The fourth-order valence-electron chi connectivity index (χ4n) is 8.41. The molecule has 8 bridgehead atoms. The van der Waals surface area contributed by atoms with Gasteiger partial charge in [0.15, 0.2) is 0 Å². The summed E-state index contributed by atoms with van der Waals surface area (Å²) in [6, 6.07) is 36.7. The number of amides is 1. The van der Waals surface area contributed by atoms with Gasteiger partial charge in [0.1, 0.15) is 17.2 Å². The quantitative estimate of drug-likeness (QED) is 0.0789. The molecule has 2 aliphatic heterocycles. The lowest BCUT2D eigenvalue weighted by Gasteiger charge is -2.15. The fraction of sp³-hybridized carbons (Fsp3) is 0.137. The Kier molecular flexibility index (Phi) is 10.8. The molecule has 0 fully saturated rings. The summed E-state index contributed by atoms with van der Waals surface area (Å²) < 4.78 is 0. The SMILES string of the molecule is O=C(O)CCNC(=O)c1ccc(-c2c3nc(c(-c4cccc(O)c4)c4ccc([nH]4)c(-c4cccc(O)c4)c4nc(c(-c5cccc(O)c5)c5ccc2[nH]5)C=C4)CCCCC3)cc1. The van der Waals surface area contributed by atoms with E-state index in [1.54, 1.807) is 60.7 Å². The number of phenols is 3. The molecule has 11 nitrogen and oxygen atoms in total. The van der Waals surface area contributed by atoms with Gasteiger partial charge in [-0.05, 0) is 133 Å². The summed E-state index contributed by atoms with van der Waals surface area (Å²) in [5.41, 5.74) is 12.8. The van der Waals surface area contributed by atoms with Crippen LogP contribution in [0.1, 0.15) is 58.8 Å². The number of nitrogens with zero attached hydrogens (tertiary/aromatic N) is 2. The number of aliphatic carboxylic acids is 1. The molecule has 0 atom stereocenters. The summed E-state index contributed by atoms with van der Waals surface area (Å²) in [6.07, 6.45) is 7.80. The van der Waals surface area contributed by atoms with E-state index in [-0.39, 0.29) is 36.1 Å². The Labute approximate surface area is 356 Å². The van der Waals surface area contributed by atoms with Crippen LogP contribution in [0.2, 0.25) is 0 Å². The van der Waals surface area contributed by atoms with Crippen molar-refractivity contribution in [2.24, 2.45) is 0 Å². The molecular formula is C51H43N5O6. The maximum absolute atomic E-state index is 13.0. The van der Waals surface area contributed by atoms with Crippen molar-refractivity contribution in [1.29, 1.82) is 0 Å². The molecule has 0 spiro atoms. The molecule has 0 saturated heterocycles. The number of hydrogen-bond acceptors (Lipinski definition) is 7. The number of phenolic OH excluding ortho intramolecular Hbond substituents is 3. The van der Waals surface area contributed by atoms with Gasteiger partial charge in [0.25, 0.3) is 5.91 Å². The second kappa shape index (κ2) is 17.0. The Morgan fingerprint density at radius 2 is 0.984 bits per heavy atom. The van der Waals surface area contributed by atoms with Crippen LogP contribution in [0.3, 0.4) is 0 Å². The van der Waals surface area contributed by atoms with Crippen molar-refractivity contribution in [2.75, 3.05) is 6.54 Å². The summed E-state index contributed by atoms with van der Waals surface area (Å²) >= 11 is 0. The number of rotatable bonds is 8. The molecule has 0 aliphatic carbocycles. The van der Waals surface area contributed by atoms with Crippen LogP contribution in [0.4, 0.5) is 0 Å². The topological polar surface area (TPSA) is 184 Å². The van der Waals surface area contributed by atoms with E-state index >= 15 is 0 Å². The van der Waals surface area contributed by atoms with Crippen LogP contribution in [0, 0.1) is 0 Å². The standard InChI is InChI=1S/C51H43N5O6/c57-35-10-4-7-32(27-35)48-39-14-3-1-2-13-38(53-39)47(30-15-17-31(18-16-30)51(62)52-26-25-46(60)61)40-19-20-42(54-40)49(33-8-5-11-36(58)28-33)44-23-24-45(56-44)50(43-22-21-41(48)55-43)34-9-6-12-37(59)29-34/h4-12,15-24,27-29,54-55,57-59H,1-3,13-14,25-26H2,(H,52,62)(H,60,61). The maximum atomic E-state index is 13.0. The smallest absolute Gasteiger partial charge is 0.305 e. The van der Waals surface area contributed by atoms with Gasteiger partial charge in [-0.1, -0.05) is 55.0 Å². The first-order chi connectivity index (χ1) is 30.2. The van der Waals surface area contributed by atoms with Crippen molar-refractivity contribution >= 4 is 46.1 Å². The van der Waals surface area contributed by atoms with Crippen molar-refractivity contribution in [3.05, 3.63) is 150 Å². The first-order valence-corrected chi connectivity index (χ1v) is 20.6. The number of hydrogen-bond donors (Lipinski definition) is 7. The second-order valence-electron chi connectivity index (χ2n) is 15.5. The number of aromatic nitrogens is 4. The van der Waals surface area contributed by atoms with E-state index in [1.807, 2.05) is 72.8 Å². The fourth-order valence-corrected chi connectivity index (χ4v) is 8.41. The van der Waals surface area contributed by atoms with E-state index < -0.39 is 5.97 Å². The van der Waals surface area contributed by atoms with Gasteiger partial charge in [-0.25, -0.2) is 4.98 Å². The number of benzene rings is 4. The van der Waals surface area contributed by atoms with Gasteiger partial charge in [-0.3, -0.25) is 14.6 Å². The van der Waals surface area contributed by atoms with Gasteiger partial charge in [0, 0.05) is 56.4 Å². The number of carbonyl (C=O) groups is 2. The minimum Gasteiger partial charge on any atom is -0.508 e. The lowest BCUT2D eigenvalue weighted by atomic mass is 9.95. The predicted molar refractivity (Wildman–Crippen MR) is 243 cm³/mol. The highest BCUT2D eigenvalue weighted by Gasteiger charge is 2.20. The first kappa shape index (κ1) is 39.5. The molecule has 9 rings (SSSR count). The number of fused-ring (bicyclic) bond motifs is 8. The Hall–Kier alpha value is -7.92. The van der Waals surface area contributed by atoms with Crippen LogP contribution in [-0.4, -0.2) is 58.8 Å². The molecule has 0 saturated carbocycles. The maximum Gasteiger partial charge on any atom is 0.305 e. The highest BCUT2D eigenvalue weighted by atomic mass is 16.4. The third-order valence-electron chi connectivity index (χ3n) is 11.2. The van der Waals surface area contributed by atoms with Crippen molar-refractivity contribution < 1.29 is 30.0 Å². The van der Waals surface area contributed by atoms with Crippen molar-refractivity contribution in [1.82, 2.24) is 25.3 Å². The Morgan fingerprint density at radius 1 is 0.532 bits per heavy atom. The van der Waals surface area contributed by atoms with Crippen LogP contribution in [0.15, 0.2) is 121 Å². The number of carbonyl (C=O) groups excluding carboxylic acids is 1. The van der Waals surface area contributed by atoms with Gasteiger partial charge in [-0.2, -0.15) is 0 Å². The van der Waals surface area contributed by atoms with E-state index in [4.69, 9.17) is 15.1 Å². The highest BCUT2D eigenvalue weighted by Crippen LogP contribution is 2.39. The zero-order valence-electron chi connectivity index (χ0n) is 33.7. The minimum atomic E-state index is -0.991. The number of carboxylic acids is 1. The zero-order chi connectivity index (χ0) is 42.7. The van der Waals surface area contributed by atoms with Crippen LogP contribution in [0.25, 0.3) is 78.7 Å². The van der Waals surface area contributed by atoms with Gasteiger partial charge in [0.2, 0.25) is 0 Å². The lowest BCUT2D eigenvalue weighted by molar-refractivity contribution is -0.136. The van der Waals surface area contributed by atoms with Crippen molar-refractivity contribution in [3.8, 4) is 61.8 Å². The predicted octanol–water partition coefficient (Wildman–Crippen LogP) is 10.4. The first-order valence-electron chi connectivity index (χ1n) is 20.6. The van der Waals surface area contributed by atoms with E-state index in [0.717, 1.165) is 97.2 Å². The summed E-state index contributed by atoms with van der Waals surface area (Å²) in [7, 11) is 0. The molecule has 11 heteroatoms. The monoisotopic (exact) mass is 821 g/mol. The second-order valence-corrected chi connectivity index (χ2v) is 15.5. The molecule has 0 radical (unpaired) electrons. The molecule has 5 heterocycles. The Balaban J connectivity index is 1.41. The molecule has 7 aromatic rings. The lowest BCUT2D eigenvalue weighted by Crippen LogP contribution is -2.25. The Morgan fingerprint density at radius 3 is 1.45 bits per heavy atom. The van der Waals surface area contributed by atoms with Crippen LogP contribution in [0.5, 0.6) is 17.2 Å². The highest BCUT2D eigenvalue weighted by molar-refractivity contribution is 5.98. The largest absolute Gasteiger partial charge is 0.508 e. The zero-order valence-corrected chi connectivity index (χ0v) is 33.7. The molecule has 308 valence electrons. The molecule has 3 aromatic heterocycles. The summed E-state index contributed by atoms with van der Waals surface area (Å²) in [4.78, 5) is 42.4. The molecule has 4 aromatic carbocycles. The number of aromatic amines is 2. The third-order valence-corrected chi connectivity index (χ3v) is 11.2. The number of aromatic hydroxyl groups is 3. The summed E-state index contributed by atoms with van der Waals surface area (Å²) in [5, 5.41) is 44.0. The molecule has 7 N–H and O–H groups in total. The van der Waals surface area contributed by atoms with Crippen LogP contribution in [-0.2, 0) is 17.6 Å². The average Bonchev–Trinajstić information content (AvgIpc) is 4.03. The Bertz CT molecular complexity index is 3070. The minimum absolute atomic E-state index is 0.0151. The van der Waals surface area contributed by atoms with Crippen LogP contribution >= 0.6 is 0 Å². The molecule has 2 aliphatic rings. The summed E-state index contributed by atoms with van der Waals surface area (Å²) in [6.45, 7) is 0.0151. The number of H-pyrrole nitrogens is 2. The number of aryl methyl sites for hydroxylation is 2. The van der Waals surface area contributed by atoms with Crippen molar-refractivity contribution in [3.63, 3.8) is 0 Å². The molecular weight excluding hydrogens is 779 g/mol.